The quantitative estimate of drug-likeness (QED) is 0.287. The van der Waals surface area contributed by atoms with Crippen molar-refractivity contribution in [2.45, 2.75) is 63.2 Å². The smallest absolute Gasteiger partial charge is 0.316 e. The second kappa shape index (κ2) is 13.6. The highest BCUT2D eigenvalue weighted by Crippen LogP contribution is 2.27. The molecule has 0 spiro atoms. The van der Waals surface area contributed by atoms with Gasteiger partial charge in [0.2, 0.25) is 0 Å². The zero-order valence-corrected chi connectivity index (χ0v) is 21.7. The molecular formula is C26H32N2O5S2. The molecule has 0 fully saturated rings. The van der Waals surface area contributed by atoms with Gasteiger partial charge in [-0.05, 0) is 49.3 Å². The first-order valence-corrected chi connectivity index (χ1v) is 14.8. The summed E-state index contributed by atoms with van der Waals surface area (Å²) < 4.78 is 36.3. The van der Waals surface area contributed by atoms with E-state index in [1.807, 2.05) is 43.3 Å². The SMILES string of the molecule is CCCCS(=O)(=O)CC(COCc1ccccc1)OC(=O)CSc1nc2c(cc1C#N)CCCC2. The molecule has 3 rings (SSSR count). The van der Waals surface area contributed by atoms with Crippen molar-refractivity contribution in [3.63, 3.8) is 0 Å². The van der Waals surface area contributed by atoms with Crippen LogP contribution in [0.15, 0.2) is 41.4 Å². The van der Waals surface area contributed by atoms with Crippen LogP contribution in [0.4, 0.5) is 0 Å². The number of aromatic nitrogens is 1. The average molecular weight is 517 g/mol. The second-order valence-electron chi connectivity index (χ2n) is 8.63. The molecule has 1 aromatic carbocycles. The zero-order chi connectivity index (χ0) is 25.1. The molecule has 1 aliphatic rings. The Morgan fingerprint density at radius 3 is 2.74 bits per heavy atom. The lowest BCUT2D eigenvalue weighted by atomic mass is 9.95. The monoisotopic (exact) mass is 516 g/mol. The largest absolute Gasteiger partial charge is 0.458 e. The van der Waals surface area contributed by atoms with Gasteiger partial charge in [0.05, 0.1) is 36.0 Å². The molecule has 0 saturated carbocycles. The number of carbonyl (C=O) groups is 1. The molecule has 1 unspecified atom stereocenters. The highest BCUT2D eigenvalue weighted by molar-refractivity contribution is 7.99. The van der Waals surface area contributed by atoms with Crippen molar-refractivity contribution in [3.8, 4) is 6.07 Å². The summed E-state index contributed by atoms with van der Waals surface area (Å²) in [6.45, 7) is 2.21. The molecule has 0 radical (unpaired) electrons. The predicted octanol–water partition coefficient (Wildman–Crippen LogP) is 4.27. The van der Waals surface area contributed by atoms with Gasteiger partial charge in [-0.1, -0.05) is 55.4 Å². The van der Waals surface area contributed by atoms with Crippen molar-refractivity contribution in [2.24, 2.45) is 0 Å². The van der Waals surface area contributed by atoms with Crippen LogP contribution in [0.5, 0.6) is 0 Å². The number of aryl methyl sites for hydroxylation is 2. The third kappa shape index (κ3) is 8.95. The average Bonchev–Trinajstić information content (AvgIpc) is 2.86. The van der Waals surface area contributed by atoms with Crippen LogP contribution in [0.25, 0.3) is 0 Å². The number of nitrogens with zero attached hydrogens (tertiary/aromatic N) is 2. The fourth-order valence-corrected chi connectivity index (χ4v) is 6.26. The highest BCUT2D eigenvalue weighted by atomic mass is 32.2. The van der Waals surface area contributed by atoms with Crippen molar-refractivity contribution in [2.75, 3.05) is 23.9 Å². The standard InChI is InChI=1S/C26H32N2O5S2/c1-2-3-13-35(30,31)19-23(17-32-16-20-9-5-4-6-10-20)33-25(29)18-34-26-22(15-27)14-21-11-7-8-12-24(21)28-26/h4-6,9-10,14,23H,2-3,7-8,11-13,16-19H2,1H3. The van der Waals surface area contributed by atoms with Crippen molar-refractivity contribution in [1.82, 2.24) is 4.98 Å². The maximum absolute atomic E-state index is 12.6. The molecule has 35 heavy (non-hydrogen) atoms. The summed E-state index contributed by atoms with van der Waals surface area (Å²) in [5.74, 6) is -0.851. The molecule has 1 atom stereocenters. The van der Waals surface area contributed by atoms with Crippen LogP contribution < -0.4 is 0 Å². The summed E-state index contributed by atoms with van der Waals surface area (Å²) in [7, 11) is -3.39. The minimum absolute atomic E-state index is 0.0167. The van der Waals surface area contributed by atoms with Crippen LogP contribution in [-0.2, 0) is 43.6 Å². The lowest BCUT2D eigenvalue weighted by Gasteiger charge is -2.19. The van der Waals surface area contributed by atoms with E-state index in [9.17, 15) is 18.5 Å². The van der Waals surface area contributed by atoms with Crippen LogP contribution in [0.1, 0.15) is 55.0 Å². The van der Waals surface area contributed by atoms with E-state index in [1.165, 1.54) is 0 Å². The molecule has 1 aromatic heterocycles. The number of hydrogen-bond donors (Lipinski definition) is 0. The lowest BCUT2D eigenvalue weighted by molar-refractivity contribution is -0.147. The van der Waals surface area contributed by atoms with Crippen molar-refractivity contribution >= 4 is 27.6 Å². The van der Waals surface area contributed by atoms with E-state index >= 15 is 0 Å². The van der Waals surface area contributed by atoms with Crippen LogP contribution in [0.2, 0.25) is 0 Å². The minimum atomic E-state index is -3.39. The molecule has 188 valence electrons. The number of unbranched alkanes of at least 4 members (excludes halogenated alkanes) is 1. The number of nitriles is 1. The van der Waals surface area contributed by atoms with E-state index < -0.39 is 21.9 Å². The number of pyridine rings is 1. The molecule has 0 N–H and O–H groups in total. The maximum Gasteiger partial charge on any atom is 0.316 e. The summed E-state index contributed by atoms with van der Waals surface area (Å²) in [4.78, 5) is 17.3. The Morgan fingerprint density at radius 1 is 1.23 bits per heavy atom. The lowest BCUT2D eigenvalue weighted by Crippen LogP contribution is -2.32. The van der Waals surface area contributed by atoms with Crippen molar-refractivity contribution in [3.05, 3.63) is 58.8 Å². The van der Waals surface area contributed by atoms with Gasteiger partial charge in [-0.2, -0.15) is 5.26 Å². The van der Waals surface area contributed by atoms with Gasteiger partial charge in [0.15, 0.2) is 9.84 Å². The van der Waals surface area contributed by atoms with E-state index in [2.05, 4.69) is 11.1 Å². The summed E-state index contributed by atoms with van der Waals surface area (Å²) >= 11 is 1.15. The first-order valence-electron chi connectivity index (χ1n) is 12.0. The number of sulfone groups is 1. The molecule has 0 aliphatic heterocycles. The van der Waals surface area contributed by atoms with Gasteiger partial charge in [-0.25, -0.2) is 13.4 Å². The van der Waals surface area contributed by atoms with Crippen LogP contribution >= 0.6 is 11.8 Å². The molecular weight excluding hydrogens is 484 g/mol. The van der Waals surface area contributed by atoms with Gasteiger partial charge >= 0.3 is 5.97 Å². The van der Waals surface area contributed by atoms with Crippen LogP contribution in [0.3, 0.4) is 0 Å². The van der Waals surface area contributed by atoms with E-state index in [-0.39, 0.29) is 23.9 Å². The predicted molar refractivity (Wildman–Crippen MR) is 136 cm³/mol. The Hall–Kier alpha value is -2.41. The van der Waals surface area contributed by atoms with Gasteiger partial charge in [-0.3, -0.25) is 4.79 Å². The first kappa shape index (κ1) is 27.2. The van der Waals surface area contributed by atoms with E-state index in [0.717, 1.165) is 60.7 Å². The molecule has 9 heteroatoms. The number of benzene rings is 1. The van der Waals surface area contributed by atoms with Gasteiger partial charge < -0.3 is 9.47 Å². The minimum Gasteiger partial charge on any atom is -0.458 e. The van der Waals surface area contributed by atoms with Crippen molar-refractivity contribution < 1.29 is 22.7 Å². The molecule has 0 bridgehead atoms. The van der Waals surface area contributed by atoms with Gasteiger partial charge in [0.1, 0.15) is 17.2 Å². The number of rotatable bonds is 13. The summed E-state index contributed by atoms with van der Waals surface area (Å²) in [6.07, 6.45) is 4.37. The number of esters is 1. The summed E-state index contributed by atoms with van der Waals surface area (Å²) in [6, 6.07) is 13.6. The second-order valence-corrected chi connectivity index (χ2v) is 11.8. The summed E-state index contributed by atoms with van der Waals surface area (Å²) in [5.41, 5.74) is 3.49. The van der Waals surface area contributed by atoms with Crippen molar-refractivity contribution in [1.29, 1.82) is 5.26 Å². The van der Waals surface area contributed by atoms with E-state index in [1.54, 1.807) is 0 Å². The first-order chi connectivity index (χ1) is 16.9. The fraction of sp³-hybridized carbons (Fsp3) is 0.500. The molecule has 1 aliphatic carbocycles. The molecule has 1 heterocycles. The normalized spacial score (nSPS) is 14.1. The third-order valence-corrected chi connectivity index (χ3v) is 8.43. The highest BCUT2D eigenvalue weighted by Gasteiger charge is 2.24. The number of carbonyl (C=O) groups excluding carboxylic acids is 1. The van der Waals surface area contributed by atoms with Gasteiger partial charge in [-0.15, -0.1) is 0 Å². The van der Waals surface area contributed by atoms with Gasteiger partial charge in [0, 0.05) is 5.69 Å². The summed E-state index contributed by atoms with van der Waals surface area (Å²) in [5, 5.41) is 10.0. The Labute approximate surface area is 212 Å². The van der Waals surface area contributed by atoms with E-state index in [4.69, 9.17) is 9.47 Å². The maximum atomic E-state index is 12.6. The Kier molecular flexibility index (Phi) is 10.6. The molecule has 7 nitrogen and oxygen atoms in total. The number of fused-ring (bicyclic) bond motifs is 1. The number of thioether (sulfide) groups is 1. The number of hydrogen-bond acceptors (Lipinski definition) is 8. The Morgan fingerprint density at radius 2 is 2.00 bits per heavy atom. The van der Waals surface area contributed by atoms with Crippen LogP contribution in [0, 0.1) is 11.3 Å². The topological polar surface area (TPSA) is 106 Å². The number of ether oxygens (including phenoxy) is 2. The third-order valence-electron chi connectivity index (χ3n) is 5.68. The molecule has 0 amide bonds. The van der Waals surface area contributed by atoms with Gasteiger partial charge in [0.25, 0.3) is 0 Å². The van der Waals surface area contributed by atoms with Crippen LogP contribution in [-0.4, -0.2) is 49.3 Å². The zero-order valence-electron chi connectivity index (χ0n) is 20.1. The molecule has 0 saturated heterocycles. The Balaban J connectivity index is 1.61. The van der Waals surface area contributed by atoms with E-state index in [0.29, 0.717) is 23.6 Å². The Bertz CT molecular complexity index is 1130. The molecule has 2 aromatic rings. The fourth-order valence-electron chi connectivity index (χ4n) is 3.88.